The summed E-state index contributed by atoms with van der Waals surface area (Å²) in [6.45, 7) is 0.581. The molecule has 2 aliphatic rings. The first-order chi connectivity index (χ1) is 8.73. The smallest absolute Gasteiger partial charge is 0.123 e. The molecule has 0 amide bonds. The maximum atomic E-state index is 13.5. The Morgan fingerprint density at radius 1 is 1.28 bits per heavy atom. The molecular weight excluding hydrogens is 229 g/mol. The van der Waals surface area contributed by atoms with Crippen LogP contribution in [0.4, 0.5) is 4.39 Å². The predicted molar refractivity (Wildman–Crippen MR) is 69.3 cm³/mol. The highest BCUT2D eigenvalue weighted by atomic mass is 19.1. The Balaban J connectivity index is 1.91. The molecule has 0 atom stereocenters. The standard InChI is InChI=1S/C15H20FNO/c16-11-5-6-14(18-12-3-1-4-12)13(9-11)15(10-17)7-2-8-15/h5-6,9,12H,1-4,7-8,10,17H2. The molecule has 3 heteroatoms. The number of hydrogen-bond donors (Lipinski definition) is 1. The molecule has 2 aliphatic carbocycles. The van der Waals surface area contributed by atoms with E-state index in [0.29, 0.717) is 12.6 Å². The van der Waals surface area contributed by atoms with Crippen LogP contribution in [0.1, 0.15) is 44.1 Å². The zero-order valence-electron chi connectivity index (χ0n) is 10.6. The van der Waals surface area contributed by atoms with Crippen molar-refractivity contribution in [2.75, 3.05) is 6.54 Å². The molecule has 0 unspecified atom stereocenters. The van der Waals surface area contributed by atoms with Crippen molar-refractivity contribution in [1.29, 1.82) is 0 Å². The van der Waals surface area contributed by atoms with E-state index in [-0.39, 0.29) is 11.2 Å². The lowest BCUT2D eigenvalue weighted by Crippen LogP contribution is -2.42. The average Bonchev–Trinajstić information content (AvgIpc) is 2.25. The highest BCUT2D eigenvalue weighted by Crippen LogP contribution is 2.47. The fraction of sp³-hybridized carbons (Fsp3) is 0.600. The molecule has 0 spiro atoms. The molecule has 2 fully saturated rings. The van der Waals surface area contributed by atoms with Crippen LogP contribution >= 0.6 is 0 Å². The number of rotatable bonds is 4. The molecule has 0 saturated heterocycles. The summed E-state index contributed by atoms with van der Waals surface area (Å²) in [6.07, 6.45) is 7.07. The number of hydrogen-bond acceptors (Lipinski definition) is 2. The molecule has 98 valence electrons. The van der Waals surface area contributed by atoms with Crippen molar-refractivity contribution in [1.82, 2.24) is 0 Å². The van der Waals surface area contributed by atoms with Crippen molar-refractivity contribution in [2.45, 2.75) is 50.0 Å². The SMILES string of the molecule is NCC1(c2cc(F)ccc2OC2CCC2)CCC1. The van der Waals surface area contributed by atoms with Crippen molar-refractivity contribution in [3.63, 3.8) is 0 Å². The third-order valence-corrected chi connectivity index (χ3v) is 4.56. The van der Waals surface area contributed by atoms with Crippen molar-refractivity contribution in [3.05, 3.63) is 29.6 Å². The topological polar surface area (TPSA) is 35.2 Å². The Labute approximate surface area is 107 Å². The summed E-state index contributed by atoms with van der Waals surface area (Å²) >= 11 is 0. The van der Waals surface area contributed by atoms with Gasteiger partial charge in [0.15, 0.2) is 0 Å². The summed E-state index contributed by atoms with van der Waals surface area (Å²) in [5.41, 5.74) is 6.87. The Kier molecular flexibility index (Phi) is 3.02. The Bertz CT molecular complexity index is 433. The summed E-state index contributed by atoms with van der Waals surface area (Å²) in [6, 6.07) is 4.89. The van der Waals surface area contributed by atoms with E-state index < -0.39 is 0 Å². The third-order valence-electron chi connectivity index (χ3n) is 4.56. The molecular formula is C15H20FNO. The molecule has 2 N–H and O–H groups in total. The van der Waals surface area contributed by atoms with E-state index in [1.54, 1.807) is 12.1 Å². The number of ether oxygens (including phenoxy) is 1. The van der Waals surface area contributed by atoms with Gasteiger partial charge in [0.1, 0.15) is 11.6 Å². The second-order valence-corrected chi connectivity index (χ2v) is 5.65. The van der Waals surface area contributed by atoms with E-state index >= 15 is 0 Å². The minimum atomic E-state index is -0.189. The summed E-state index contributed by atoms with van der Waals surface area (Å²) in [5.74, 6) is 0.664. The van der Waals surface area contributed by atoms with Gasteiger partial charge >= 0.3 is 0 Å². The van der Waals surface area contributed by atoms with Gasteiger partial charge in [-0.1, -0.05) is 6.42 Å². The van der Waals surface area contributed by atoms with Gasteiger partial charge in [0, 0.05) is 17.5 Å². The van der Waals surface area contributed by atoms with Gasteiger partial charge in [-0.15, -0.1) is 0 Å². The maximum absolute atomic E-state index is 13.5. The predicted octanol–water partition coefficient (Wildman–Crippen LogP) is 3.14. The molecule has 18 heavy (non-hydrogen) atoms. The molecule has 1 aromatic rings. The average molecular weight is 249 g/mol. The van der Waals surface area contributed by atoms with Crippen molar-refractivity contribution in [2.24, 2.45) is 5.73 Å². The van der Waals surface area contributed by atoms with E-state index in [0.717, 1.165) is 37.0 Å². The van der Waals surface area contributed by atoms with Crippen LogP contribution in [0, 0.1) is 5.82 Å². The van der Waals surface area contributed by atoms with Gasteiger partial charge in [0.2, 0.25) is 0 Å². The second kappa shape index (κ2) is 4.54. The lowest BCUT2D eigenvalue weighted by molar-refractivity contribution is 0.113. The van der Waals surface area contributed by atoms with Crippen LogP contribution in [-0.2, 0) is 5.41 Å². The summed E-state index contributed by atoms with van der Waals surface area (Å²) < 4.78 is 19.5. The van der Waals surface area contributed by atoms with Crippen LogP contribution in [0.2, 0.25) is 0 Å². The Hall–Kier alpha value is -1.09. The van der Waals surface area contributed by atoms with Gasteiger partial charge in [-0.25, -0.2) is 4.39 Å². The van der Waals surface area contributed by atoms with Crippen LogP contribution < -0.4 is 10.5 Å². The molecule has 1 aromatic carbocycles. The first-order valence-corrected chi connectivity index (χ1v) is 6.90. The van der Waals surface area contributed by atoms with Gasteiger partial charge in [-0.05, 0) is 50.3 Å². The Morgan fingerprint density at radius 3 is 2.56 bits per heavy atom. The van der Waals surface area contributed by atoms with Gasteiger partial charge in [-0.3, -0.25) is 0 Å². The van der Waals surface area contributed by atoms with E-state index in [2.05, 4.69) is 0 Å². The fourth-order valence-corrected chi connectivity index (χ4v) is 2.87. The number of benzene rings is 1. The number of nitrogens with two attached hydrogens (primary N) is 1. The molecule has 0 bridgehead atoms. The minimum Gasteiger partial charge on any atom is -0.490 e. The maximum Gasteiger partial charge on any atom is 0.123 e. The zero-order valence-corrected chi connectivity index (χ0v) is 10.6. The van der Waals surface area contributed by atoms with E-state index in [4.69, 9.17) is 10.5 Å². The van der Waals surface area contributed by atoms with Gasteiger partial charge in [0.05, 0.1) is 6.10 Å². The van der Waals surface area contributed by atoms with Crippen molar-refractivity contribution >= 4 is 0 Å². The van der Waals surface area contributed by atoms with Gasteiger partial charge in [0.25, 0.3) is 0 Å². The fourth-order valence-electron chi connectivity index (χ4n) is 2.87. The lowest BCUT2D eigenvalue weighted by Gasteiger charge is -2.43. The summed E-state index contributed by atoms with van der Waals surface area (Å²) in [5, 5.41) is 0. The molecule has 0 aromatic heterocycles. The highest BCUT2D eigenvalue weighted by molar-refractivity contribution is 5.42. The van der Waals surface area contributed by atoms with Crippen LogP contribution in [0.3, 0.4) is 0 Å². The molecule has 2 saturated carbocycles. The Morgan fingerprint density at radius 2 is 2.06 bits per heavy atom. The van der Waals surface area contributed by atoms with Gasteiger partial charge in [-0.2, -0.15) is 0 Å². The van der Waals surface area contributed by atoms with Crippen molar-refractivity contribution < 1.29 is 9.13 Å². The minimum absolute atomic E-state index is 0.0405. The molecule has 0 heterocycles. The highest BCUT2D eigenvalue weighted by Gasteiger charge is 2.40. The third kappa shape index (κ3) is 1.91. The summed E-state index contributed by atoms with van der Waals surface area (Å²) in [7, 11) is 0. The second-order valence-electron chi connectivity index (χ2n) is 5.65. The molecule has 0 aliphatic heterocycles. The first kappa shape index (κ1) is 12.0. The van der Waals surface area contributed by atoms with Crippen LogP contribution in [0.25, 0.3) is 0 Å². The van der Waals surface area contributed by atoms with Crippen LogP contribution in [0.5, 0.6) is 5.75 Å². The lowest BCUT2D eigenvalue weighted by atomic mass is 9.64. The zero-order chi connectivity index (χ0) is 12.6. The largest absolute Gasteiger partial charge is 0.490 e. The van der Waals surface area contributed by atoms with Crippen molar-refractivity contribution in [3.8, 4) is 5.75 Å². The molecule has 0 radical (unpaired) electrons. The molecule has 2 nitrogen and oxygen atoms in total. The van der Waals surface area contributed by atoms with Crippen LogP contribution in [0.15, 0.2) is 18.2 Å². The van der Waals surface area contributed by atoms with E-state index in [1.807, 2.05) is 0 Å². The van der Waals surface area contributed by atoms with E-state index in [1.165, 1.54) is 18.9 Å². The first-order valence-electron chi connectivity index (χ1n) is 6.90. The molecule has 3 rings (SSSR count). The van der Waals surface area contributed by atoms with Crippen LogP contribution in [-0.4, -0.2) is 12.6 Å². The van der Waals surface area contributed by atoms with E-state index in [9.17, 15) is 4.39 Å². The normalized spacial score (nSPS) is 22.1. The summed E-state index contributed by atoms with van der Waals surface area (Å²) in [4.78, 5) is 0. The quantitative estimate of drug-likeness (QED) is 0.889. The monoisotopic (exact) mass is 249 g/mol. The number of halogens is 1. The van der Waals surface area contributed by atoms with Gasteiger partial charge < -0.3 is 10.5 Å².